The summed E-state index contributed by atoms with van der Waals surface area (Å²) in [4.78, 5) is 32.3. The first-order chi connectivity index (χ1) is 13.0. The normalized spacial score (nSPS) is 11.2. The van der Waals surface area contributed by atoms with Gasteiger partial charge in [-0.25, -0.2) is 4.98 Å². The molecule has 0 saturated heterocycles. The van der Waals surface area contributed by atoms with Gasteiger partial charge in [-0.05, 0) is 49.7 Å². The molecule has 6 heteroatoms. The molecule has 0 fully saturated rings. The minimum Gasteiger partial charge on any atom is -0.324 e. The van der Waals surface area contributed by atoms with Gasteiger partial charge in [0.2, 0.25) is 0 Å². The second-order valence-electron chi connectivity index (χ2n) is 6.56. The van der Waals surface area contributed by atoms with E-state index in [0.717, 1.165) is 11.3 Å². The lowest BCUT2D eigenvalue weighted by Gasteiger charge is -2.21. The predicted molar refractivity (Wildman–Crippen MR) is 106 cm³/mol. The Hall–Kier alpha value is -3.41. The molecular weight excluding hydrogens is 340 g/mol. The molecule has 0 radical (unpaired) electrons. The van der Waals surface area contributed by atoms with Crippen LogP contribution in [0.15, 0.2) is 59.5 Å². The lowest BCUT2D eigenvalue weighted by atomic mass is 10.2. The molecule has 0 N–H and O–H groups in total. The Labute approximate surface area is 156 Å². The van der Waals surface area contributed by atoms with Gasteiger partial charge in [-0.15, -0.1) is 0 Å². The van der Waals surface area contributed by atoms with E-state index in [1.54, 1.807) is 40.9 Å². The van der Waals surface area contributed by atoms with Crippen LogP contribution >= 0.6 is 0 Å². The topological polar surface area (TPSA) is 59.6 Å². The maximum Gasteiger partial charge on any atom is 0.274 e. The zero-order chi connectivity index (χ0) is 19.1. The van der Waals surface area contributed by atoms with E-state index in [-0.39, 0.29) is 11.5 Å². The molecule has 0 aliphatic carbocycles. The van der Waals surface area contributed by atoms with Crippen molar-refractivity contribution in [3.8, 4) is 0 Å². The molecule has 27 heavy (non-hydrogen) atoms. The van der Waals surface area contributed by atoms with Crippen LogP contribution < -0.4 is 10.5 Å². The summed E-state index contributed by atoms with van der Waals surface area (Å²) in [6.45, 7) is 4.46. The standard InChI is InChI=1S/C21H20N4O2/c1-4-24(15-9-7-8-14(2)12-15)21(27)17-13-16-19(23(17)3)22-18-10-5-6-11-25(18)20(16)26/h5-13H,4H2,1-3H3. The highest BCUT2D eigenvalue weighted by atomic mass is 16.2. The lowest BCUT2D eigenvalue weighted by Crippen LogP contribution is -2.32. The Morgan fingerprint density at radius 1 is 1.15 bits per heavy atom. The highest BCUT2D eigenvalue weighted by molar-refractivity contribution is 6.07. The number of amides is 1. The molecule has 4 aromatic rings. The summed E-state index contributed by atoms with van der Waals surface area (Å²) in [6.07, 6.45) is 1.68. The third-order valence-corrected chi connectivity index (χ3v) is 4.80. The van der Waals surface area contributed by atoms with E-state index in [2.05, 4.69) is 4.98 Å². The molecular formula is C21H20N4O2. The molecule has 1 aromatic carbocycles. The van der Waals surface area contributed by atoms with Crippen LogP contribution in [0.5, 0.6) is 0 Å². The largest absolute Gasteiger partial charge is 0.324 e. The van der Waals surface area contributed by atoms with Crippen LogP contribution in [0.1, 0.15) is 23.0 Å². The van der Waals surface area contributed by atoms with Crippen molar-refractivity contribution in [1.29, 1.82) is 0 Å². The molecule has 3 heterocycles. The second kappa shape index (κ2) is 6.39. The molecule has 0 bridgehead atoms. The summed E-state index contributed by atoms with van der Waals surface area (Å²) in [5.41, 5.74) is 3.25. The van der Waals surface area contributed by atoms with Gasteiger partial charge in [0, 0.05) is 25.5 Å². The summed E-state index contributed by atoms with van der Waals surface area (Å²) in [5, 5.41) is 0.435. The number of benzene rings is 1. The first-order valence-electron chi connectivity index (χ1n) is 8.86. The molecule has 0 atom stereocenters. The molecule has 6 nitrogen and oxygen atoms in total. The van der Waals surface area contributed by atoms with E-state index in [4.69, 9.17) is 0 Å². The fraction of sp³-hybridized carbons (Fsp3) is 0.190. The van der Waals surface area contributed by atoms with Crippen LogP contribution in [0.25, 0.3) is 16.7 Å². The van der Waals surface area contributed by atoms with Gasteiger partial charge in [-0.2, -0.15) is 0 Å². The molecule has 0 aliphatic heterocycles. The van der Waals surface area contributed by atoms with Crippen molar-refractivity contribution in [2.45, 2.75) is 13.8 Å². The van der Waals surface area contributed by atoms with Crippen molar-refractivity contribution >= 4 is 28.3 Å². The monoisotopic (exact) mass is 360 g/mol. The average molecular weight is 360 g/mol. The smallest absolute Gasteiger partial charge is 0.274 e. The van der Waals surface area contributed by atoms with Crippen molar-refractivity contribution in [2.75, 3.05) is 11.4 Å². The molecule has 0 unspecified atom stereocenters. The van der Waals surface area contributed by atoms with Crippen molar-refractivity contribution < 1.29 is 4.79 Å². The maximum absolute atomic E-state index is 13.3. The third-order valence-electron chi connectivity index (χ3n) is 4.80. The van der Waals surface area contributed by atoms with Crippen LogP contribution in [0.3, 0.4) is 0 Å². The van der Waals surface area contributed by atoms with Crippen LogP contribution in [0.2, 0.25) is 0 Å². The number of rotatable bonds is 3. The zero-order valence-corrected chi connectivity index (χ0v) is 15.5. The fourth-order valence-corrected chi connectivity index (χ4v) is 3.40. The summed E-state index contributed by atoms with van der Waals surface area (Å²) in [7, 11) is 1.77. The summed E-state index contributed by atoms with van der Waals surface area (Å²) in [5.74, 6) is -0.156. The van der Waals surface area contributed by atoms with Gasteiger partial charge in [-0.1, -0.05) is 18.2 Å². The fourth-order valence-electron chi connectivity index (χ4n) is 3.40. The zero-order valence-electron chi connectivity index (χ0n) is 15.5. The van der Waals surface area contributed by atoms with Crippen molar-refractivity contribution in [3.63, 3.8) is 0 Å². The van der Waals surface area contributed by atoms with Gasteiger partial charge in [0.25, 0.3) is 11.5 Å². The van der Waals surface area contributed by atoms with E-state index in [1.807, 2.05) is 44.2 Å². The Morgan fingerprint density at radius 3 is 2.70 bits per heavy atom. The van der Waals surface area contributed by atoms with Gasteiger partial charge in [0.15, 0.2) is 0 Å². The summed E-state index contributed by atoms with van der Waals surface area (Å²) in [6, 6.07) is 14.9. The Kier molecular flexibility index (Phi) is 4.03. The van der Waals surface area contributed by atoms with Crippen molar-refractivity contribution in [2.24, 2.45) is 7.05 Å². The quantitative estimate of drug-likeness (QED) is 0.564. The number of aryl methyl sites for hydroxylation is 2. The molecule has 0 spiro atoms. The molecule has 4 rings (SSSR count). The van der Waals surface area contributed by atoms with Gasteiger partial charge >= 0.3 is 0 Å². The second-order valence-corrected chi connectivity index (χ2v) is 6.56. The first-order valence-corrected chi connectivity index (χ1v) is 8.86. The first kappa shape index (κ1) is 17.0. The summed E-state index contributed by atoms with van der Waals surface area (Å²) >= 11 is 0. The molecule has 3 aromatic heterocycles. The number of pyridine rings is 1. The van der Waals surface area contributed by atoms with Gasteiger partial charge < -0.3 is 9.47 Å². The third kappa shape index (κ3) is 2.70. The number of anilines is 1. The average Bonchev–Trinajstić information content (AvgIpc) is 3.00. The minimum absolute atomic E-state index is 0.156. The highest BCUT2D eigenvalue weighted by Gasteiger charge is 2.22. The number of hydrogen-bond acceptors (Lipinski definition) is 3. The number of aromatic nitrogens is 3. The Balaban J connectivity index is 1.89. The van der Waals surface area contributed by atoms with Crippen LogP contribution in [-0.4, -0.2) is 26.4 Å². The van der Waals surface area contributed by atoms with E-state index < -0.39 is 0 Å². The number of carbonyl (C=O) groups excluding carboxylic acids is 1. The van der Waals surface area contributed by atoms with Crippen LogP contribution in [0.4, 0.5) is 5.69 Å². The van der Waals surface area contributed by atoms with Crippen LogP contribution in [0, 0.1) is 6.92 Å². The predicted octanol–water partition coefficient (Wildman–Crippen LogP) is 3.16. The van der Waals surface area contributed by atoms with Crippen LogP contribution in [-0.2, 0) is 7.05 Å². The number of hydrogen-bond donors (Lipinski definition) is 0. The van der Waals surface area contributed by atoms with E-state index in [9.17, 15) is 9.59 Å². The van der Waals surface area contributed by atoms with Crippen molar-refractivity contribution in [3.05, 3.63) is 76.3 Å². The minimum atomic E-state index is -0.177. The van der Waals surface area contributed by atoms with Gasteiger partial charge in [-0.3, -0.25) is 14.0 Å². The Bertz CT molecular complexity index is 1240. The summed E-state index contributed by atoms with van der Waals surface area (Å²) < 4.78 is 3.19. The number of fused-ring (bicyclic) bond motifs is 2. The van der Waals surface area contributed by atoms with E-state index >= 15 is 0 Å². The molecule has 0 aliphatic rings. The van der Waals surface area contributed by atoms with Gasteiger partial charge in [0.05, 0.1) is 5.39 Å². The molecule has 1 amide bonds. The molecule has 0 saturated carbocycles. The number of nitrogens with zero attached hydrogens (tertiary/aromatic N) is 4. The maximum atomic E-state index is 13.3. The van der Waals surface area contributed by atoms with E-state index in [1.165, 1.54) is 4.40 Å². The van der Waals surface area contributed by atoms with E-state index in [0.29, 0.717) is 28.9 Å². The van der Waals surface area contributed by atoms with Crippen molar-refractivity contribution in [1.82, 2.24) is 14.0 Å². The lowest BCUT2D eigenvalue weighted by molar-refractivity contribution is 0.0981. The highest BCUT2D eigenvalue weighted by Crippen LogP contribution is 2.21. The SMILES string of the molecule is CCN(C(=O)c1cc2c(=O)n3ccccc3nc2n1C)c1cccc(C)c1. The number of carbonyl (C=O) groups is 1. The van der Waals surface area contributed by atoms with Gasteiger partial charge in [0.1, 0.15) is 17.0 Å². The Morgan fingerprint density at radius 2 is 1.96 bits per heavy atom. The molecule has 136 valence electrons.